The zero-order valence-corrected chi connectivity index (χ0v) is 15.6. The number of rotatable bonds is 7. The van der Waals surface area contributed by atoms with Gasteiger partial charge in [0.1, 0.15) is 6.61 Å². The third-order valence-electron chi connectivity index (χ3n) is 3.90. The van der Waals surface area contributed by atoms with Crippen LogP contribution in [-0.4, -0.2) is 27.3 Å². The summed E-state index contributed by atoms with van der Waals surface area (Å²) in [4.78, 5) is 0. The van der Waals surface area contributed by atoms with Crippen LogP contribution >= 0.6 is 11.6 Å². The molecular weight excluding hydrogens is 354 g/mol. The van der Waals surface area contributed by atoms with Gasteiger partial charge in [0.05, 0.1) is 7.11 Å². The zero-order valence-electron chi connectivity index (χ0n) is 14.9. The number of nitrogens with one attached hydrogen (secondary N) is 1. The van der Waals surface area contributed by atoms with Crippen molar-refractivity contribution in [2.75, 3.05) is 12.4 Å². The molecule has 0 unspecified atom stereocenters. The van der Waals surface area contributed by atoms with E-state index in [1.807, 2.05) is 18.2 Å². The Hall–Kier alpha value is -2.80. The van der Waals surface area contributed by atoms with E-state index < -0.39 is 0 Å². The largest absolute Gasteiger partial charge is 0.493 e. The molecule has 1 heterocycles. The molecule has 0 aliphatic carbocycles. The average Bonchev–Trinajstić information content (AvgIpc) is 3.05. The fraction of sp³-hybridized carbons (Fsp3) is 0.278. The molecule has 3 rings (SSSR count). The molecule has 0 fully saturated rings. The van der Waals surface area contributed by atoms with Crippen LogP contribution in [0.3, 0.4) is 0 Å². The van der Waals surface area contributed by atoms with Gasteiger partial charge < -0.3 is 14.8 Å². The molecule has 0 saturated heterocycles. The molecule has 0 aliphatic heterocycles. The number of halogens is 1. The summed E-state index contributed by atoms with van der Waals surface area (Å²) in [6.07, 6.45) is 0. The molecule has 0 bridgehead atoms. The van der Waals surface area contributed by atoms with E-state index in [0.717, 1.165) is 11.1 Å². The Kier molecular flexibility index (Phi) is 5.58. The Morgan fingerprint density at radius 3 is 2.58 bits per heavy atom. The Balaban J connectivity index is 1.71. The van der Waals surface area contributed by atoms with Crippen LogP contribution in [0.15, 0.2) is 36.4 Å². The highest BCUT2D eigenvalue weighted by atomic mass is 35.5. The molecule has 1 aromatic heterocycles. The maximum Gasteiger partial charge on any atom is 0.242 e. The van der Waals surface area contributed by atoms with E-state index >= 15 is 0 Å². The van der Waals surface area contributed by atoms with Crippen molar-refractivity contribution in [2.45, 2.75) is 20.1 Å². The molecule has 0 amide bonds. The number of anilines is 1. The highest BCUT2D eigenvalue weighted by Gasteiger charge is 2.12. The first kappa shape index (κ1) is 18.0. The highest BCUT2D eigenvalue weighted by molar-refractivity contribution is 6.31. The Labute approximate surface area is 156 Å². The summed E-state index contributed by atoms with van der Waals surface area (Å²) in [5.74, 6) is 1.77. The van der Waals surface area contributed by atoms with Gasteiger partial charge in [0, 0.05) is 24.7 Å². The van der Waals surface area contributed by atoms with E-state index in [1.54, 1.807) is 24.9 Å². The van der Waals surface area contributed by atoms with Crippen LogP contribution in [0, 0.1) is 6.92 Å². The van der Waals surface area contributed by atoms with Crippen molar-refractivity contribution in [3.63, 3.8) is 0 Å². The van der Waals surface area contributed by atoms with Gasteiger partial charge in [-0.1, -0.05) is 46.5 Å². The van der Waals surface area contributed by atoms with Crippen molar-refractivity contribution < 1.29 is 9.47 Å². The smallest absolute Gasteiger partial charge is 0.242 e. The number of aromatic nitrogens is 4. The third-order valence-corrected chi connectivity index (χ3v) is 4.26. The quantitative estimate of drug-likeness (QED) is 0.684. The van der Waals surface area contributed by atoms with Crippen molar-refractivity contribution in [3.8, 4) is 11.5 Å². The van der Waals surface area contributed by atoms with Gasteiger partial charge in [-0.25, -0.2) is 4.68 Å². The summed E-state index contributed by atoms with van der Waals surface area (Å²) in [5, 5.41) is 14.9. The van der Waals surface area contributed by atoms with Gasteiger partial charge >= 0.3 is 0 Å². The Bertz CT molecular complexity index is 880. The van der Waals surface area contributed by atoms with E-state index in [0.29, 0.717) is 35.6 Å². The van der Waals surface area contributed by atoms with Crippen molar-refractivity contribution in [1.82, 2.24) is 20.2 Å². The fourth-order valence-electron chi connectivity index (χ4n) is 2.38. The van der Waals surface area contributed by atoms with E-state index in [4.69, 9.17) is 21.1 Å². The number of hydrogen-bond acceptors (Lipinski definition) is 6. The maximum absolute atomic E-state index is 6.41. The van der Waals surface area contributed by atoms with Crippen LogP contribution in [0.25, 0.3) is 0 Å². The first-order valence-corrected chi connectivity index (χ1v) is 8.45. The summed E-state index contributed by atoms with van der Waals surface area (Å²) < 4.78 is 12.9. The number of nitrogens with zero attached hydrogens (tertiary/aromatic N) is 4. The monoisotopic (exact) mass is 373 g/mol. The normalized spacial score (nSPS) is 10.6. The summed E-state index contributed by atoms with van der Waals surface area (Å²) in [5.41, 5.74) is 3.15. The molecule has 3 aromatic rings. The second-order valence-corrected chi connectivity index (χ2v) is 6.26. The summed E-state index contributed by atoms with van der Waals surface area (Å²) in [7, 11) is 3.36. The first-order chi connectivity index (χ1) is 12.6. The number of tetrazole rings is 1. The minimum atomic E-state index is 0.440. The van der Waals surface area contributed by atoms with E-state index in [-0.39, 0.29) is 0 Å². The van der Waals surface area contributed by atoms with Crippen LogP contribution in [0.2, 0.25) is 5.02 Å². The summed E-state index contributed by atoms with van der Waals surface area (Å²) in [6, 6.07) is 11.8. The Morgan fingerprint density at radius 2 is 1.92 bits per heavy atom. The molecule has 0 spiro atoms. The molecule has 0 saturated carbocycles. The lowest BCUT2D eigenvalue weighted by atomic mass is 10.1. The van der Waals surface area contributed by atoms with Crippen molar-refractivity contribution in [3.05, 3.63) is 58.1 Å². The topological polar surface area (TPSA) is 74.1 Å². The molecule has 7 nitrogen and oxygen atoms in total. The van der Waals surface area contributed by atoms with Crippen LogP contribution in [-0.2, 0) is 20.2 Å². The number of aryl methyl sites for hydroxylation is 2. The van der Waals surface area contributed by atoms with Gasteiger partial charge in [0.25, 0.3) is 0 Å². The Morgan fingerprint density at radius 1 is 1.15 bits per heavy atom. The van der Waals surface area contributed by atoms with Gasteiger partial charge in [0.15, 0.2) is 11.5 Å². The molecule has 0 aliphatic rings. The molecule has 0 atom stereocenters. The minimum absolute atomic E-state index is 0.440. The second-order valence-electron chi connectivity index (χ2n) is 5.85. The molecule has 2 aromatic carbocycles. The van der Waals surface area contributed by atoms with Gasteiger partial charge in [-0.15, -0.1) is 0 Å². The van der Waals surface area contributed by atoms with E-state index in [1.165, 1.54) is 5.56 Å². The summed E-state index contributed by atoms with van der Waals surface area (Å²) >= 11 is 6.41. The maximum atomic E-state index is 6.41. The van der Waals surface area contributed by atoms with Crippen molar-refractivity contribution >= 4 is 17.5 Å². The van der Waals surface area contributed by atoms with Crippen LogP contribution < -0.4 is 14.8 Å². The van der Waals surface area contributed by atoms with Gasteiger partial charge in [-0.05, 0) is 34.5 Å². The third kappa shape index (κ3) is 4.23. The second kappa shape index (κ2) is 8.05. The molecule has 8 heteroatoms. The molecular formula is C18H20ClN5O2. The zero-order chi connectivity index (χ0) is 18.5. The average molecular weight is 374 g/mol. The van der Waals surface area contributed by atoms with E-state index in [9.17, 15) is 0 Å². The molecule has 136 valence electrons. The van der Waals surface area contributed by atoms with Crippen molar-refractivity contribution in [1.29, 1.82) is 0 Å². The predicted octanol–water partition coefficient (Wildman–Crippen LogP) is 3.37. The van der Waals surface area contributed by atoms with Crippen molar-refractivity contribution in [2.24, 2.45) is 7.05 Å². The minimum Gasteiger partial charge on any atom is -0.493 e. The molecule has 26 heavy (non-hydrogen) atoms. The standard InChI is InChI=1S/C18H20ClN5O2/c1-12-4-6-13(7-5-12)11-26-17-9-15(19)14(8-16(17)25-3)10-20-18-21-22-23-24(18)2/h4-9H,10-11H2,1-3H3,(H,20,21,23). The van der Waals surface area contributed by atoms with Gasteiger partial charge in [-0.2, -0.15) is 0 Å². The SMILES string of the molecule is COc1cc(CNc2nnnn2C)c(Cl)cc1OCc1ccc(C)cc1. The van der Waals surface area contributed by atoms with Crippen LogP contribution in [0.1, 0.15) is 16.7 Å². The molecule has 1 N–H and O–H groups in total. The lowest BCUT2D eigenvalue weighted by molar-refractivity contribution is 0.284. The highest BCUT2D eigenvalue weighted by Crippen LogP contribution is 2.34. The number of hydrogen-bond donors (Lipinski definition) is 1. The number of benzene rings is 2. The van der Waals surface area contributed by atoms with Gasteiger partial charge in [-0.3, -0.25) is 0 Å². The lowest BCUT2D eigenvalue weighted by Crippen LogP contribution is -2.07. The van der Waals surface area contributed by atoms with E-state index in [2.05, 4.69) is 39.9 Å². The van der Waals surface area contributed by atoms with Crippen LogP contribution in [0.5, 0.6) is 11.5 Å². The number of methoxy groups -OCH3 is 1. The molecule has 0 radical (unpaired) electrons. The lowest BCUT2D eigenvalue weighted by Gasteiger charge is -2.14. The summed E-state index contributed by atoms with van der Waals surface area (Å²) in [6.45, 7) is 2.95. The van der Waals surface area contributed by atoms with Crippen LogP contribution in [0.4, 0.5) is 5.95 Å². The number of ether oxygens (including phenoxy) is 2. The van der Waals surface area contributed by atoms with Gasteiger partial charge in [0.2, 0.25) is 5.95 Å². The first-order valence-electron chi connectivity index (χ1n) is 8.08. The fourth-order valence-corrected chi connectivity index (χ4v) is 2.60. The predicted molar refractivity (Wildman–Crippen MR) is 99.6 cm³/mol.